The van der Waals surface area contributed by atoms with E-state index in [9.17, 15) is 0 Å². The predicted octanol–water partition coefficient (Wildman–Crippen LogP) is 3.36. The van der Waals surface area contributed by atoms with E-state index in [-0.39, 0.29) is 0 Å². The zero-order valence-corrected chi connectivity index (χ0v) is 14.5. The summed E-state index contributed by atoms with van der Waals surface area (Å²) in [6, 6.07) is 14.1. The molecule has 3 aromatic rings. The number of rotatable bonds is 3. The van der Waals surface area contributed by atoms with E-state index in [1.165, 1.54) is 17.0 Å². The van der Waals surface area contributed by atoms with Crippen LogP contribution in [0.2, 0.25) is 0 Å². The van der Waals surface area contributed by atoms with Gasteiger partial charge in [0.1, 0.15) is 0 Å². The van der Waals surface area contributed by atoms with Gasteiger partial charge in [0.15, 0.2) is 4.77 Å². The maximum atomic E-state index is 9.12. The minimum atomic E-state index is 0.554. The van der Waals surface area contributed by atoms with Gasteiger partial charge in [-0.05, 0) is 42.5 Å². The molecule has 124 valence electrons. The molecule has 0 bridgehead atoms. The molecule has 0 atom stereocenters. The Hall–Kier alpha value is -2.75. The predicted molar refractivity (Wildman–Crippen MR) is 97.7 cm³/mol. The Morgan fingerprint density at radius 2 is 2.20 bits per heavy atom. The fourth-order valence-corrected chi connectivity index (χ4v) is 3.47. The first-order valence-corrected chi connectivity index (χ1v) is 8.60. The van der Waals surface area contributed by atoms with Crippen molar-refractivity contribution < 1.29 is 0 Å². The lowest BCUT2D eigenvalue weighted by Crippen LogP contribution is -2.31. The topological polar surface area (TPSA) is 60.6 Å². The van der Waals surface area contributed by atoms with Gasteiger partial charge in [-0.15, -0.1) is 0 Å². The van der Waals surface area contributed by atoms with Crippen LogP contribution in [0.4, 0.5) is 0 Å². The summed E-state index contributed by atoms with van der Waals surface area (Å²) in [7, 11) is 0. The molecule has 0 spiro atoms. The normalized spacial score (nSPS) is 14.0. The molecule has 25 heavy (non-hydrogen) atoms. The maximum absolute atomic E-state index is 9.12. The van der Waals surface area contributed by atoms with Crippen molar-refractivity contribution in [2.45, 2.75) is 19.5 Å². The minimum absolute atomic E-state index is 0.554. The Labute approximate surface area is 151 Å². The quantitative estimate of drug-likeness (QED) is 0.738. The van der Waals surface area contributed by atoms with Gasteiger partial charge in [-0.2, -0.15) is 5.26 Å². The molecule has 0 fully saturated rings. The summed E-state index contributed by atoms with van der Waals surface area (Å²) in [4.78, 5) is 9.81. The number of nitrogens with one attached hydrogen (secondary N) is 1. The molecule has 4 rings (SSSR count). The number of hydrogen-bond acceptors (Lipinski definition) is 4. The molecule has 6 heteroatoms. The molecule has 0 aliphatic carbocycles. The van der Waals surface area contributed by atoms with E-state index in [1.807, 2.05) is 42.7 Å². The number of nitriles is 1. The summed E-state index contributed by atoms with van der Waals surface area (Å²) in [6.45, 7) is 2.68. The summed E-state index contributed by atoms with van der Waals surface area (Å²) in [5, 5.41) is 9.12. The van der Waals surface area contributed by atoms with Gasteiger partial charge in [0, 0.05) is 61.1 Å². The largest absolute Gasteiger partial charge is 0.334 e. The number of H-pyrrole nitrogens is 1. The van der Waals surface area contributed by atoms with Gasteiger partial charge < -0.3 is 9.55 Å². The van der Waals surface area contributed by atoms with Crippen LogP contribution in [0.25, 0.3) is 5.69 Å². The zero-order valence-electron chi connectivity index (χ0n) is 13.6. The van der Waals surface area contributed by atoms with Gasteiger partial charge in [0.25, 0.3) is 0 Å². The van der Waals surface area contributed by atoms with Crippen molar-refractivity contribution in [2.75, 3.05) is 6.54 Å². The molecule has 0 radical (unpaired) electrons. The first-order chi connectivity index (χ1) is 12.2. The Kier molecular flexibility index (Phi) is 4.18. The molecule has 1 aromatic carbocycles. The van der Waals surface area contributed by atoms with E-state index in [1.54, 1.807) is 0 Å². The third-order valence-corrected chi connectivity index (χ3v) is 4.73. The number of nitrogens with zero attached hydrogens (tertiary/aromatic N) is 4. The average molecular weight is 347 g/mol. The first kappa shape index (κ1) is 15.8. The highest BCUT2D eigenvalue weighted by Crippen LogP contribution is 2.20. The van der Waals surface area contributed by atoms with Gasteiger partial charge in [0.05, 0.1) is 11.6 Å². The summed E-state index contributed by atoms with van der Waals surface area (Å²) >= 11 is 5.11. The summed E-state index contributed by atoms with van der Waals surface area (Å²) in [5.41, 5.74) is 5.31. The lowest BCUT2D eigenvalue weighted by Gasteiger charge is -2.28. The van der Waals surface area contributed by atoms with Crippen molar-refractivity contribution >= 4 is 12.2 Å². The summed E-state index contributed by atoms with van der Waals surface area (Å²) < 4.78 is 2.70. The molecule has 1 N–H and O–H groups in total. The van der Waals surface area contributed by atoms with Crippen LogP contribution in [0.5, 0.6) is 0 Å². The molecular formula is C19H17N5S. The minimum Gasteiger partial charge on any atom is -0.334 e. The molecule has 0 saturated carbocycles. The average Bonchev–Trinajstić information content (AvgIpc) is 3.10. The van der Waals surface area contributed by atoms with E-state index in [0.29, 0.717) is 10.3 Å². The number of hydrogen-bond donors (Lipinski definition) is 1. The highest BCUT2D eigenvalue weighted by Gasteiger charge is 2.18. The van der Waals surface area contributed by atoms with Crippen molar-refractivity contribution in [1.82, 2.24) is 19.4 Å². The SMILES string of the molecule is N#Cc1cccc(-n2cccc2CN2CCc3[nH]c(=S)ncc3C2)c1. The van der Waals surface area contributed by atoms with Gasteiger partial charge in [-0.3, -0.25) is 4.90 Å². The van der Waals surface area contributed by atoms with Crippen LogP contribution in [-0.4, -0.2) is 26.0 Å². The van der Waals surface area contributed by atoms with E-state index in [4.69, 9.17) is 17.5 Å². The van der Waals surface area contributed by atoms with Gasteiger partial charge in [-0.1, -0.05) is 6.07 Å². The summed E-state index contributed by atoms with van der Waals surface area (Å²) in [6.07, 6.45) is 4.88. The third-order valence-electron chi connectivity index (χ3n) is 4.53. The molecule has 1 aliphatic heterocycles. The molecule has 0 unspecified atom stereocenters. The second-order valence-corrected chi connectivity index (χ2v) is 6.57. The van der Waals surface area contributed by atoms with Crippen LogP contribution in [0.3, 0.4) is 0 Å². The molecule has 0 saturated heterocycles. The van der Waals surface area contributed by atoms with Crippen molar-refractivity contribution in [3.05, 3.63) is 76.1 Å². The van der Waals surface area contributed by atoms with Crippen molar-refractivity contribution in [2.24, 2.45) is 0 Å². The first-order valence-electron chi connectivity index (χ1n) is 8.19. The smallest absolute Gasteiger partial charge is 0.196 e. The second kappa shape index (κ2) is 6.63. The van der Waals surface area contributed by atoms with E-state index >= 15 is 0 Å². The van der Waals surface area contributed by atoms with Crippen LogP contribution in [0.15, 0.2) is 48.8 Å². The molecule has 0 amide bonds. The number of aromatic amines is 1. The van der Waals surface area contributed by atoms with Crippen molar-refractivity contribution in [3.63, 3.8) is 0 Å². The fourth-order valence-electron chi connectivity index (χ4n) is 3.29. The molecule has 1 aliphatic rings. The Balaban J connectivity index is 1.57. The highest BCUT2D eigenvalue weighted by molar-refractivity contribution is 7.71. The van der Waals surface area contributed by atoms with Crippen molar-refractivity contribution in [1.29, 1.82) is 5.26 Å². The third kappa shape index (κ3) is 3.25. The number of fused-ring (bicyclic) bond motifs is 1. The monoisotopic (exact) mass is 347 g/mol. The lowest BCUT2D eigenvalue weighted by molar-refractivity contribution is 0.238. The Morgan fingerprint density at radius 1 is 1.28 bits per heavy atom. The van der Waals surface area contributed by atoms with Gasteiger partial charge in [-0.25, -0.2) is 4.98 Å². The molecule has 2 aromatic heterocycles. The zero-order chi connectivity index (χ0) is 17.2. The van der Waals surface area contributed by atoms with Gasteiger partial charge in [0.2, 0.25) is 0 Å². The van der Waals surface area contributed by atoms with E-state index in [0.717, 1.165) is 31.7 Å². The van der Waals surface area contributed by atoms with Crippen LogP contribution >= 0.6 is 12.2 Å². The maximum Gasteiger partial charge on any atom is 0.196 e. The van der Waals surface area contributed by atoms with Crippen molar-refractivity contribution in [3.8, 4) is 11.8 Å². The second-order valence-electron chi connectivity index (χ2n) is 6.18. The standard InChI is InChI=1S/C19H17N5S/c20-10-14-3-1-4-16(9-14)24-7-2-5-17(24)13-23-8-6-18-15(12-23)11-21-19(25)22-18/h1-5,7,9,11H,6,8,12-13H2,(H,21,22,25). The van der Waals surface area contributed by atoms with E-state index in [2.05, 4.69) is 31.6 Å². The summed E-state index contributed by atoms with van der Waals surface area (Å²) in [5.74, 6) is 0. The molecular weight excluding hydrogens is 330 g/mol. The molecule has 5 nitrogen and oxygen atoms in total. The fraction of sp³-hybridized carbons (Fsp3) is 0.211. The Morgan fingerprint density at radius 3 is 3.08 bits per heavy atom. The lowest BCUT2D eigenvalue weighted by atomic mass is 10.1. The van der Waals surface area contributed by atoms with Crippen LogP contribution < -0.4 is 0 Å². The number of benzene rings is 1. The van der Waals surface area contributed by atoms with Crippen LogP contribution in [0.1, 0.15) is 22.5 Å². The van der Waals surface area contributed by atoms with Gasteiger partial charge >= 0.3 is 0 Å². The Bertz CT molecular complexity index is 1010. The highest BCUT2D eigenvalue weighted by atomic mass is 32.1. The van der Waals surface area contributed by atoms with E-state index < -0.39 is 0 Å². The van der Waals surface area contributed by atoms with Crippen LogP contribution in [0, 0.1) is 16.1 Å². The van der Waals surface area contributed by atoms with Crippen LogP contribution in [-0.2, 0) is 19.5 Å². The molecule has 3 heterocycles. The number of aromatic nitrogens is 3.